The van der Waals surface area contributed by atoms with Crippen molar-refractivity contribution in [3.05, 3.63) is 94.1 Å². The summed E-state index contributed by atoms with van der Waals surface area (Å²) >= 11 is 0. The molecule has 0 aliphatic carbocycles. The van der Waals surface area contributed by atoms with Gasteiger partial charge in [0.1, 0.15) is 12.1 Å². The Hall–Kier alpha value is -6.32. The van der Waals surface area contributed by atoms with Crippen LogP contribution in [0.4, 0.5) is 0 Å². The molecular formula is C54H72N2O13+2. The van der Waals surface area contributed by atoms with E-state index in [0.717, 1.165) is 65.6 Å². The molecule has 0 spiro atoms. The Morgan fingerprint density at radius 3 is 1.64 bits per heavy atom. The molecule has 2 heterocycles. The van der Waals surface area contributed by atoms with Gasteiger partial charge in [-0.25, -0.2) is 4.79 Å². The van der Waals surface area contributed by atoms with Gasteiger partial charge in [-0.05, 0) is 70.8 Å². The molecule has 374 valence electrons. The van der Waals surface area contributed by atoms with Crippen LogP contribution in [0.2, 0.25) is 0 Å². The zero-order chi connectivity index (χ0) is 49.9. The van der Waals surface area contributed by atoms with Crippen molar-refractivity contribution in [2.45, 2.75) is 57.0 Å². The van der Waals surface area contributed by atoms with Gasteiger partial charge in [0, 0.05) is 56.6 Å². The SMILES string of the molecule is COc1ccc(CC2c3cc(OC)c(OC)cc3CC[N+]2(C)CCCC(=O)/C=C\C(=O)OCCC[N+]2(C)CCc3cc(OC)c(OC)c(OC)c3C2Cc2cc(OC)c(OC)c(OC)c2)cc1OC. The molecule has 0 saturated carbocycles. The number of fused-ring (bicyclic) bond motifs is 2. The monoisotopic (exact) mass is 957 g/mol. The second-order valence-corrected chi connectivity index (χ2v) is 18.1. The lowest BCUT2D eigenvalue weighted by Gasteiger charge is -2.46. The summed E-state index contributed by atoms with van der Waals surface area (Å²) in [7, 11) is 20.7. The maximum atomic E-state index is 13.3. The number of carbonyl (C=O) groups is 2. The standard InChI is InChI=1S/C54H72N2O13/c1-55(24-20-37-32-45(61-5)46(62-6)34-40(37)41(55)27-35-16-18-43(59-3)44(29-35)60-4)22-13-15-39(57)17-19-50(58)69-26-14-23-56(2)25-21-38-33-49(65-9)53(67-11)54(68-12)51(38)42(56)28-36-30-47(63-7)52(66-10)48(31-36)64-8/h16-19,29-34,41-42H,13-15,20-28H2,1-12H3/q+2/b19-17-. The number of carbonyl (C=O) groups excluding carboxylic acids is 2. The lowest BCUT2D eigenvalue weighted by Crippen LogP contribution is -2.52. The number of nitrogens with zero attached hydrogens (tertiary/aromatic N) is 2. The first-order valence-electron chi connectivity index (χ1n) is 23.4. The van der Waals surface area contributed by atoms with Gasteiger partial charge in [-0.15, -0.1) is 0 Å². The summed E-state index contributed by atoms with van der Waals surface area (Å²) in [6.07, 6.45) is 7.08. The first-order chi connectivity index (χ1) is 33.3. The van der Waals surface area contributed by atoms with Gasteiger partial charge in [0.15, 0.2) is 51.8 Å². The molecule has 69 heavy (non-hydrogen) atoms. The summed E-state index contributed by atoms with van der Waals surface area (Å²) in [5.41, 5.74) is 6.66. The molecule has 0 fully saturated rings. The predicted octanol–water partition coefficient (Wildman–Crippen LogP) is 7.88. The third-order valence-corrected chi connectivity index (χ3v) is 14.2. The van der Waals surface area contributed by atoms with Crippen LogP contribution in [-0.2, 0) is 40.0 Å². The Morgan fingerprint density at radius 1 is 0.522 bits per heavy atom. The van der Waals surface area contributed by atoms with Crippen molar-refractivity contribution >= 4 is 11.8 Å². The molecule has 4 atom stereocenters. The molecule has 2 aliphatic rings. The molecule has 2 aliphatic heterocycles. The number of likely N-dealkylation sites (N-methyl/N-ethyl adjacent to an activating group) is 2. The Balaban J connectivity index is 1.11. The van der Waals surface area contributed by atoms with Gasteiger partial charge in [-0.3, -0.25) is 4.79 Å². The first-order valence-corrected chi connectivity index (χ1v) is 23.4. The van der Waals surface area contributed by atoms with Crippen LogP contribution < -0.4 is 47.4 Å². The summed E-state index contributed by atoms with van der Waals surface area (Å²) in [6.45, 7) is 3.32. The number of benzene rings is 4. The molecule has 0 N–H and O–H groups in total. The molecule has 4 unspecified atom stereocenters. The zero-order valence-corrected chi connectivity index (χ0v) is 42.6. The Labute approximate surface area is 407 Å². The highest BCUT2D eigenvalue weighted by Crippen LogP contribution is 2.51. The number of rotatable bonds is 24. The fraction of sp³-hybridized carbons (Fsp3) is 0.481. The van der Waals surface area contributed by atoms with Gasteiger partial charge < -0.3 is 61.1 Å². The summed E-state index contributed by atoms with van der Waals surface area (Å²) in [5, 5.41) is 0. The Morgan fingerprint density at radius 2 is 1.03 bits per heavy atom. The van der Waals surface area contributed by atoms with Gasteiger partial charge >= 0.3 is 5.97 Å². The summed E-state index contributed by atoms with van der Waals surface area (Å²) in [6, 6.07) is 16.2. The molecule has 0 saturated heterocycles. The number of ketones is 1. The van der Waals surface area contributed by atoms with E-state index < -0.39 is 5.97 Å². The molecule has 4 aromatic rings. The van der Waals surface area contributed by atoms with Crippen molar-refractivity contribution < 1.29 is 70.7 Å². The van der Waals surface area contributed by atoms with Gasteiger partial charge in [-0.2, -0.15) is 0 Å². The van der Waals surface area contributed by atoms with E-state index in [1.165, 1.54) is 23.3 Å². The van der Waals surface area contributed by atoms with Crippen molar-refractivity contribution in [3.63, 3.8) is 0 Å². The van der Waals surface area contributed by atoms with Gasteiger partial charge in [-0.1, -0.05) is 6.07 Å². The van der Waals surface area contributed by atoms with Crippen molar-refractivity contribution in [1.82, 2.24) is 0 Å². The summed E-state index contributed by atoms with van der Waals surface area (Å²) < 4.78 is 64.4. The van der Waals surface area contributed by atoms with E-state index in [2.05, 4.69) is 32.3 Å². The van der Waals surface area contributed by atoms with E-state index >= 15 is 0 Å². The molecular weight excluding hydrogens is 885 g/mol. The van der Waals surface area contributed by atoms with Crippen LogP contribution in [0.15, 0.2) is 60.7 Å². The van der Waals surface area contributed by atoms with E-state index in [1.54, 1.807) is 71.1 Å². The highest BCUT2D eigenvalue weighted by Gasteiger charge is 2.43. The molecule has 0 amide bonds. The Kier molecular flexibility index (Phi) is 17.6. The largest absolute Gasteiger partial charge is 0.493 e. The highest BCUT2D eigenvalue weighted by atomic mass is 16.5. The maximum Gasteiger partial charge on any atom is 0.330 e. The smallest absolute Gasteiger partial charge is 0.330 e. The molecule has 6 rings (SSSR count). The minimum Gasteiger partial charge on any atom is -0.493 e. The van der Waals surface area contributed by atoms with Crippen LogP contribution in [0.3, 0.4) is 0 Å². The van der Waals surface area contributed by atoms with Crippen molar-refractivity contribution in [3.8, 4) is 57.5 Å². The minimum atomic E-state index is -0.548. The molecule has 0 aromatic heterocycles. The molecule has 15 heteroatoms. The van der Waals surface area contributed by atoms with Gasteiger partial charge in [0.05, 0.1) is 124 Å². The number of quaternary nitrogens is 2. The van der Waals surface area contributed by atoms with Gasteiger partial charge in [0.2, 0.25) is 11.5 Å². The van der Waals surface area contributed by atoms with Crippen LogP contribution in [0, 0.1) is 0 Å². The van der Waals surface area contributed by atoms with Crippen LogP contribution in [0.1, 0.15) is 64.7 Å². The number of hydrogen-bond acceptors (Lipinski definition) is 13. The predicted molar refractivity (Wildman–Crippen MR) is 262 cm³/mol. The second-order valence-electron chi connectivity index (χ2n) is 18.1. The van der Waals surface area contributed by atoms with E-state index in [0.29, 0.717) is 94.2 Å². The third kappa shape index (κ3) is 11.4. The number of methoxy groups -OCH3 is 10. The average molecular weight is 957 g/mol. The molecule has 15 nitrogen and oxygen atoms in total. The van der Waals surface area contributed by atoms with Crippen LogP contribution in [0.5, 0.6) is 57.5 Å². The normalized spacial score (nSPS) is 19.4. The van der Waals surface area contributed by atoms with Crippen molar-refractivity contribution in [1.29, 1.82) is 0 Å². The number of hydrogen-bond donors (Lipinski definition) is 0. The number of ether oxygens (including phenoxy) is 11. The van der Waals surface area contributed by atoms with E-state index in [-0.39, 0.29) is 24.5 Å². The van der Waals surface area contributed by atoms with Gasteiger partial charge in [0.25, 0.3) is 0 Å². The van der Waals surface area contributed by atoms with Crippen LogP contribution in [-0.4, -0.2) is 139 Å². The van der Waals surface area contributed by atoms with E-state index in [1.807, 2.05) is 30.3 Å². The second kappa shape index (κ2) is 23.3. The van der Waals surface area contributed by atoms with Crippen molar-refractivity contribution in [2.75, 3.05) is 118 Å². The molecule has 4 aromatic carbocycles. The fourth-order valence-electron chi connectivity index (χ4n) is 10.4. The van der Waals surface area contributed by atoms with E-state index in [4.69, 9.17) is 52.1 Å². The molecule has 0 bridgehead atoms. The Bertz CT molecular complexity index is 2450. The highest BCUT2D eigenvalue weighted by molar-refractivity contribution is 5.95. The van der Waals surface area contributed by atoms with E-state index in [9.17, 15) is 9.59 Å². The average Bonchev–Trinajstić information content (AvgIpc) is 3.37. The molecule has 0 radical (unpaired) electrons. The van der Waals surface area contributed by atoms with Crippen LogP contribution in [0.25, 0.3) is 0 Å². The lowest BCUT2D eigenvalue weighted by atomic mass is 9.85. The maximum absolute atomic E-state index is 13.3. The fourth-order valence-corrected chi connectivity index (χ4v) is 10.4. The van der Waals surface area contributed by atoms with Crippen molar-refractivity contribution in [2.24, 2.45) is 0 Å². The first kappa shape index (κ1) is 52.1. The number of esters is 1. The summed E-state index contributed by atoms with van der Waals surface area (Å²) in [5.74, 6) is 5.49. The lowest BCUT2D eigenvalue weighted by molar-refractivity contribution is -0.941. The zero-order valence-electron chi connectivity index (χ0n) is 42.6. The topological polar surface area (TPSA) is 136 Å². The quantitative estimate of drug-likeness (QED) is 0.0292. The third-order valence-electron chi connectivity index (χ3n) is 14.2. The summed E-state index contributed by atoms with van der Waals surface area (Å²) in [4.78, 5) is 26.3. The number of allylic oxidation sites excluding steroid dienone is 1. The minimum absolute atomic E-state index is 0.0645. The van der Waals surface area contributed by atoms with Crippen LogP contribution >= 0.6 is 0 Å².